The van der Waals surface area contributed by atoms with Crippen LogP contribution >= 0.6 is 0 Å². The number of hydrogen-bond acceptors (Lipinski definition) is 3. The lowest BCUT2D eigenvalue weighted by molar-refractivity contribution is 0.902. The second-order valence-electron chi connectivity index (χ2n) is 1.56. The second kappa shape index (κ2) is 1.51. The summed E-state index contributed by atoms with van der Waals surface area (Å²) in [6.45, 7) is 0. The Bertz CT molecular complexity index is 283. The lowest BCUT2D eigenvalue weighted by Crippen LogP contribution is -1.89. The highest BCUT2D eigenvalue weighted by Crippen LogP contribution is 1.87. The molecule has 2 aromatic heterocycles. The van der Waals surface area contributed by atoms with E-state index in [-0.39, 0.29) is 0 Å². The van der Waals surface area contributed by atoms with E-state index in [0.29, 0.717) is 5.78 Å². The summed E-state index contributed by atoms with van der Waals surface area (Å²) in [6, 6.07) is 0. The van der Waals surface area contributed by atoms with Crippen LogP contribution in [0.3, 0.4) is 0 Å². The first kappa shape index (κ1) is 4.43. The maximum absolute atomic E-state index is 3.90. The number of aromatic nitrogens is 4. The molecule has 4 nitrogen and oxygen atoms in total. The number of hydrogen-bond donors (Lipinski definition) is 0. The van der Waals surface area contributed by atoms with Crippen LogP contribution in [0.5, 0.6) is 0 Å². The van der Waals surface area contributed by atoms with E-state index in [0.717, 1.165) is 0 Å². The van der Waals surface area contributed by atoms with Gasteiger partial charge in [-0.25, -0.2) is 14.5 Å². The molecule has 0 spiro atoms. The Morgan fingerprint density at radius 2 is 2.44 bits per heavy atom. The molecule has 0 bridgehead atoms. The Morgan fingerprint density at radius 1 is 1.44 bits per heavy atom. The predicted molar refractivity (Wildman–Crippen MR) is 29.6 cm³/mol. The van der Waals surface area contributed by atoms with Gasteiger partial charge < -0.3 is 0 Å². The minimum Gasteiger partial charge on any atom is -0.218 e. The van der Waals surface area contributed by atoms with Gasteiger partial charge in [0.2, 0.25) is 0 Å². The molecule has 2 rings (SSSR count). The third-order valence-electron chi connectivity index (χ3n) is 0.997. The first-order chi connectivity index (χ1) is 4.47. The summed E-state index contributed by atoms with van der Waals surface area (Å²) >= 11 is 0. The zero-order chi connectivity index (χ0) is 6.10. The van der Waals surface area contributed by atoms with Crippen molar-refractivity contribution >= 4 is 5.78 Å². The Labute approximate surface area is 51.2 Å². The number of rotatable bonds is 0. The topological polar surface area (TPSA) is 43.1 Å². The molecule has 2 heterocycles. The molecule has 0 unspecified atom stereocenters. The van der Waals surface area contributed by atoms with E-state index in [1.807, 2.05) is 0 Å². The van der Waals surface area contributed by atoms with Gasteiger partial charge in [-0.05, 0) is 0 Å². The Balaban J connectivity index is 2.95. The molecular weight excluding hydrogens is 116 g/mol. The highest BCUT2D eigenvalue weighted by Gasteiger charge is 1.89. The van der Waals surface area contributed by atoms with Crippen LogP contribution in [-0.4, -0.2) is 19.6 Å². The smallest absolute Gasteiger partial charge is 0.218 e. The van der Waals surface area contributed by atoms with Gasteiger partial charge in [0.25, 0.3) is 5.78 Å². The number of imidazole rings is 1. The van der Waals surface area contributed by atoms with Gasteiger partial charge in [-0.3, -0.25) is 0 Å². The van der Waals surface area contributed by atoms with Gasteiger partial charge in [-0.2, -0.15) is 5.10 Å². The molecule has 0 aliphatic heterocycles. The number of nitrogens with zero attached hydrogens (tertiary/aromatic N) is 4. The fraction of sp³-hybridized carbons (Fsp3) is 0. The van der Waals surface area contributed by atoms with Crippen LogP contribution in [-0.2, 0) is 0 Å². The standard InChI is InChI=1S/C5H3N4/c1-2-8-9-4-3-7-5(9)6-1/h1-2,4H. The van der Waals surface area contributed by atoms with E-state index in [4.69, 9.17) is 0 Å². The predicted octanol–water partition coefficient (Wildman–Crippen LogP) is -0.0755. The van der Waals surface area contributed by atoms with Crippen molar-refractivity contribution in [2.75, 3.05) is 0 Å². The summed E-state index contributed by atoms with van der Waals surface area (Å²) in [5.41, 5.74) is 0. The van der Waals surface area contributed by atoms with Gasteiger partial charge in [0, 0.05) is 0 Å². The maximum atomic E-state index is 3.90. The van der Waals surface area contributed by atoms with Crippen molar-refractivity contribution in [3.8, 4) is 0 Å². The lowest BCUT2D eigenvalue weighted by atomic mass is 10.9. The molecule has 9 heavy (non-hydrogen) atoms. The summed E-state index contributed by atoms with van der Waals surface area (Å²) in [6.07, 6.45) is 7.45. The summed E-state index contributed by atoms with van der Waals surface area (Å²) in [4.78, 5) is 7.68. The van der Waals surface area contributed by atoms with Gasteiger partial charge in [-0.1, -0.05) is 0 Å². The van der Waals surface area contributed by atoms with Gasteiger partial charge in [0.1, 0.15) is 6.20 Å². The minimum absolute atomic E-state index is 0.581. The van der Waals surface area contributed by atoms with Crippen LogP contribution in [0.1, 0.15) is 0 Å². The maximum Gasteiger partial charge on any atom is 0.251 e. The van der Waals surface area contributed by atoms with Crippen LogP contribution in [0.15, 0.2) is 18.6 Å². The van der Waals surface area contributed by atoms with Crippen LogP contribution in [0.25, 0.3) is 5.78 Å². The fourth-order valence-electron chi connectivity index (χ4n) is 0.625. The lowest BCUT2D eigenvalue weighted by Gasteiger charge is -1.84. The zero-order valence-electron chi connectivity index (χ0n) is 4.52. The summed E-state index contributed by atoms with van der Waals surface area (Å²) in [5.74, 6) is 0.581. The second-order valence-corrected chi connectivity index (χ2v) is 1.56. The van der Waals surface area contributed by atoms with Gasteiger partial charge in [0.05, 0.1) is 18.6 Å². The van der Waals surface area contributed by atoms with E-state index >= 15 is 0 Å². The van der Waals surface area contributed by atoms with Crippen molar-refractivity contribution in [2.24, 2.45) is 0 Å². The molecule has 0 atom stereocenters. The molecule has 0 fully saturated rings. The summed E-state index contributed by atoms with van der Waals surface area (Å²) in [5, 5.41) is 3.90. The molecule has 1 radical (unpaired) electrons. The minimum atomic E-state index is 0.581. The third kappa shape index (κ3) is 0.561. The van der Waals surface area contributed by atoms with Crippen LogP contribution < -0.4 is 0 Å². The molecule has 43 valence electrons. The first-order valence-electron chi connectivity index (χ1n) is 2.49. The highest BCUT2D eigenvalue weighted by molar-refractivity contribution is 5.21. The average Bonchev–Trinajstić information content (AvgIpc) is 2.33. The van der Waals surface area contributed by atoms with Crippen LogP contribution in [0, 0.1) is 6.20 Å². The normalized spacial score (nSPS) is 10.2. The van der Waals surface area contributed by atoms with Crippen molar-refractivity contribution in [2.45, 2.75) is 0 Å². The van der Waals surface area contributed by atoms with Crippen molar-refractivity contribution in [3.63, 3.8) is 0 Å². The van der Waals surface area contributed by atoms with Gasteiger partial charge in [-0.15, -0.1) is 0 Å². The summed E-state index contributed by atoms with van der Waals surface area (Å²) in [7, 11) is 0. The third-order valence-corrected chi connectivity index (χ3v) is 0.997. The van der Waals surface area contributed by atoms with Gasteiger partial charge >= 0.3 is 0 Å². The monoisotopic (exact) mass is 119 g/mol. The fourth-order valence-corrected chi connectivity index (χ4v) is 0.625. The highest BCUT2D eigenvalue weighted by atomic mass is 15.3. The van der Waals surface area contributed by atoms with Crippen molar-refractivity contribution in [1.82, 2.24) is 19.6 Å². The zero-order valence-corrected chi connectivity index (χ0v) is 4.52. The molecular formula is C5H3N4. The van der Waals surface area contributed by atoms with Crippen LogP contribution in [0.2, 0.25) is 0 Å². The van der Waals surface area contributed by atoms with E-state index in [1.165, 1.54) is 0 Å². The Hall–Kier alpha value is -1.45. The number of fused-ring (bicyclic) bond motifs is 1. The van der Waals surface area contributed by atoms with E-state index in [9.17, 15) is 0 Å². The quantitative estimate of drug-likeness (QED) is 0.487. The molecule has 0 amide bonds. The van der Waals surface area contributed by atoms with Crippen LogP contribution in [0.4, 0.5) is 0 Å². The largest absolute Gasteiger partial charge is 0.251 e. The van der Waals surface area contributed by atoms with Gasteiger partial charge in [0.15, 0.2) is 0 Å². The molecule has 2 aromatic rings. The molecule has 4 heteroatoms. The molecule has 0 saturated heterocycles. The molecule has 0 saturated carbocycles. The first-order valence-corrected chi connectivity index (χ1v) is 2.49. The molecule has 0 N–H and O–H groups in total. The van der Waals surface area contributed by atoms with Crippen molar-refractivity contribution in [1.29, 1.82) is 0 Å². The molecule has 0 aromatic carbocycles. The van der Waals surface area contributed by atoms with E-state index in [1.54, 1.807) is 23.1 Å². The Morgan fingerprint density at radius 3 is 3.33 bits per heavy atom. The Kier molecular flexibility index (Phi) is 0.745. The van der Waals surface area contributed by atoms with E-state index < -0.39 is 0 Å². The average molecular weight is 119 g/mol. The SMILES string of the molecule is [c]1cn2nccnc2n1. The van der Waals surface area contributed by atoms with Crippen molar-refractivity contribution < 1.29 is 0 Å². The molecule has 0 aliphatic carbocycles. The summed E-state index contributed by atoms with van der Waals surface area (Å²) < 4.78 is 1.56. The molecule has 0 aliphatic rings. The van der Waals surface area contributed by atoms with E-state index in [2.05, 4.69) is 21.3 Å². The van der Waals surface area contributed by atoms with Crippen molar-refractivity contribution in [3.05, 3.63) is 24.8 Å².